The minimum absolute atomic E-state index is 0.123. The molecule has 5 heteroatoms. The first-order valence-electron chi connectivity index (χ1n) is 9.02. The zero-order valence-electron chi connectivity index (χ0n) is 16.1. The molecule has 1 atom stereocenters. The summed E-state index contributed by atoms with van der Waals surface area (Å²) < 4.78 is 6.69. The molecule has 0 spiro atoms. The molecule has 0 fully saturated rings. The summed E-state index contributed by atoms with van der Waals surface area (Å²) in [5.41, 5.74) is 0. The van der Waals surface area contributed by atoms with Gasteiger partial charge in [-0.3, -0.25) is 0 Å². The molecule has 0 aromatic heterocycles. The highest BCUT2D eigenvalue weighted by atomic mass is 28.4. The normalized spacial score (nSPS) is 12.8. The molecular formula is C22H27NO3Si. The van der Waals surface area contributed by atoms with Crippen molar-refractivity contribution in [1.82, 2.24) is 5.32 Å². The minimum atomic E-state index is -2.61. The van der Waals surface area contributed by atoms with E-state index in [9.17, 15) is 4.79 Å². The lowest BCUT2D eigenvalue weighted by atomic mass is 10.2. The molecular weight excluding hydrogens is 354 g/mol. The van der Waals surface area contributed by atoms with Crippen LogP contribution in [0.25, 0.3) is 0 Å². The van der Waals surface area contributed by atoms with Crippen LogP contribution in [-0.2, 0) is 4.43 Å². The van der Waals surface area contributed by atoms with Gasteiger partial charge in [0.1, 0.15) is 0 Å². The van der Waals surface area contributed by atoms with Crippen LogP contribution in [0.15, 0.2) is 60.7 Å². The van der Waals surface area contributed by atoms with Crippen LogP contribution in [0.3, 0.4) is 0 Å². The highest BCUT2D eigenvalue weighted by Gasteiger charge is 2.50. The maximum atomic E-state index is 10.9. The Balaban J connectivity index is 2.41. The minimum Gasteiger partial charge on any atom is -0.465 e. The fraction of sp³-hybridized carbons (Fsp3) is 0.318. The maximum Gasteiger partial charge on any atom is 0.405 e. The van der Waals surface area contributed by atoms with Crippen molar-refractivity contribution in [3.05, 3.63) is 60.7 Å². The zero-order chi connectivity index (χ0) is 19.9. The zero-order valence-corrected chi connectivity index (χ0v) is 17.1. The van der Waals surface area contributed by atoms with Gasteiger partial charge in [-0.05, 0) is 15.4 Å². The van der Waals surface area contributed by atoms with Gasteiger partial charge in [-0.1, -0.05) is 87.4 Å². The van der Waals surface area contributed by atoms with Crippen molar-refractivity contribution in [3.63, 3.8) is 0 Å². The van der Waals surface area contributed by atoms with E-state index in [0.717, 1.165) is 0 Å². The van der Waals surface area contributed by atoms with E-state index in [2.05, 4.69) is 56.3 Å². The van der Waals surface area contributed by atoms with Crippen molar-refractivity contribution in [1.29, 1.82) is 0 Å². The molecule has 0 aliphatic rings. The molecule has 4 nitrogen and oxygen atoms in total. The van der Waals surface area contributed by atoms with Crippen molar-refractivity contribution in [2.45, 2.75) is 38.3 Å². The van der Waals surface area contributed by atoms with Gasteiger partial charge in [-0.2, -0.15) is 0 Å². The van der Waals surface area contributed by atoms with Crippen molar-refractivity contribution < 1.29 is 14.3 Å². The number of nitrogens with one attached hydrogen (secondary N) is 1. The van der Waals surface area contributed by atoms with E-state index in [-0.39, 0.29) is 5.04 Å². The summed E-state index contributed by atoms with van der Waals surface area (Å²) in [5.74, 6) is 2.48. The molecule has 0 radical (unpaired) electrons. The van der Waals surface area contributed by atoms with Crippen LogP contribution in [-0.4, -0.2) is 32.2 Å². The first-order chi connectivity index (χ1) is 12.8. The second-order valence-electron chi connectivity index (χ2n) is 7.47. The number of hydrogen-bond acceptors (Lipinski definition) is 2. The third kappa shape index (κ3) is 4.79. The van der Waals surface area contributed by atoms with Gasteiger partial charge < -0.3 is 14.8 Å². The molecule has 0 aliphatic carbocycles. The van der Waals surface area contributed by atoms with Gasteiger partial charge in [0.25, 0.3) is 8.32 Å². The number of rotatable bonds is 7. The van der Waals surface area contributed by atoms with Gasteiger partial charge in [0.05, 0.1) is 6.04 Å². The van der Waals surface area contributed by atoms with Crippen LogP contribution in [0.1, 0.15) is 27.2 Å². The number of amides is 1. The maximum absolute atomic E-state index is 10.9. The van der Waals surface area contributed by atoms with Gasteiger partial charge >= 0.3 is 6.09 Å². The first kappa shape index (κ1) is 20.8. The molecule has 27 heavy (non-hydrogen) atoms. The van der Waals surface area contributed by atoms with E-state index < -0.39 is 20.5 Å². The topological polar surface area (TPSA) is 58.6 Å². The molecule has 2 aromatic carbocycles. The highest BCUT2D eigenvalue weighted by Crippen LogP contribution is 2.36. The Bertz CT molecular complexity index is 739. The van der Waals surface area contributed by atoms with Crippen LogP contribution in [0.5, 0.6) is 0 Å². The molecule has 1 amide bonds. The molecule has 0 unspecified atom stereocenters. The summed E-state index contributed by atoms with van der Waals surface area (Å²) in [6, 6.07) is 20.1. The van der Waals surface area contributed by atoms with E-state index >= 15 is 0 Å². The molecule has 0 bridgehead atoms. The van der Waals surface area contributed by atoms with Gasteiger partial charge in [0, 0.05) is 13.0 Å². The molecule has 2 aromatic rings. The van der Waals surface area contributed by atoms with Crippen molar-refractivity contribution in [2.75, 3.05) is 6.61 Å². The molecule has 0 aliphatic heterocycles. The highest BCUT2D eigenvalue weighted by molar-refractivity contribution is 6.99. The third-order valence-electron chi connectivity index (χ3n) is 4.64. The van der Waals surface area contributed by atoms with Crippen LogP contribution in [0.4, 0.5) is 4.79 Å². The van der Waals surface area contributed by atoms with Crippen molar-refractivity contribution in [3.8, 4) is 12.3 Å². The monoisotopic (exact) mass is 381 g/mol. The van der Waals surface area contributed by atoms with Gasteiger partial charge in [-0.15, -0.1) is 6.42 Å². The first-order valence-corrected chi connectivity index (χ1v) is 10.9. The Morgan fingerprint density at radius 2 is 1.59 bits per heavy atom. The van der Waals surface area contributed by atoms with E-state index in [4.69, 9.17) is 16.0 Å². The number of terminal acetylenes is 1. The van der Waals surface area contributed by atoms with Gasteiger partial charge in [0.15, 0.2) is 0 Å². The summed E-state index contributed by atoms with van der Waals surface area (Å²) >= 11 is 0. The van der Waals surface area contributed by atoms with Crippen LogP contribution < -0.4 is 15.7 Å². The Morgan fingerprint density at radius 3 is 1.96 bits per heavy atom. The number of carbonyl (C=O) groups is 1. The summed E-state index contributed by atoms with van der Waals surface area (Å²) in [6.07, 6.45) is 4.76. The molecule has 2 N–H and O–H groups in total. The molecule has 142 valence electrons. The Labute approximate surface area is 162 Å². The average Bonchev–Trinajstić information content (AvgIpc) is 2.64. The predicted molar refractivity (Wildman–Crippen MR) is 112 cm³/mol. The summed E-state index contributed by atoms with van der Waals surface area (Å²) in [7, 11) is -2.61. The Kier molecular flexibility index (Phi) is 6.84. The lowest BCUT2D eigenvalue weighted by Crippen LogP contribution is -2.66. The standard InChI is InChI=1S/C22H27NO3Si/c1-5-18(23-21(24)25)16-17-26-27(22(2,3)4,19-12-8-6-9-13-19)20-14-10-7-11-15-20/h1,6-15,18,23H,16-17H2,2-4H3,(H,24,25)/t18-/m0/s1. The van der Waals surface area contributed by atoms with Crippen LogP contribution in [0.2, 0.25) is 5.04 Å². The molecule has 0 saturated heterocycles. The number of benzene rings is 2. The number of hydrogen-bond donors (Lipinski definition) is 2. The Morgan fingerprint density at radius 1 is 1.11 bits per heavy atom. The third-order valence-corrected chi connectivity index (χ3v) is 9.68. The van der Waals surface area contributed by atoms with Crippen molar-refractivity contribution >= 4 is 24.8 Å². The Hall–Kier alpha value is -2.55. The average molecular weight is 382 g/mol. The molecule has 0 saturated carbocycles. The largest absolute Gasteiger partial charge is 0.465 e. The summed E-state index contributed by atoms with van der Waals surface area (Å²) in [6.45, 7) is 6.98. The quantitative estimate of drug-likeness (QED) is 0.572. The number of carboxylic acid groups (broad SMARTS) is 1. The van der Waals surface area contributed by atoms with Crippen molar-refractivity contribution in [2.24, 2.45) is 0 Å². The van der Waals surface area contributed by atoms with Gasteiger partial charge in [0.2, 0.25) is 0 Å². The van der Waals surface area contributed by atoms with E-state index in [1.165, 1.54) is 10.4 Å². The van der Waals surface area contributed by atoms with E-state index in [0.29, 0.717) is 13.0 Å². The van der Waals surface area contributed by atoms with Gasteiger partial charge in [-0.25, -0.2) is 4.79 Å². The predicted octanol–water partition coefficient (Wildman–Crippen LogP) is 3.22. The van der Waals surface area contributed by atoms with E-state index in [1.807, 2.05) is 36.4 Å². The second kappa shape index (κ2) is 8.89. The fourth-order valence-electron chi connectivity index (χ4n) is 3.44. The SMILES string of the molecule is C#C[C@@H](CCO[Si](c1ccccc1)(c1ccccc1)C(C)(C)C)NC(=O)O. The summed E-state index contributed by atoms with van der Waals surface area (Å²) in [4.78, 5) is 10.9. The molecule has 2 rings (SSSR count). The van der Waals surface area contributed by atoms with Crippen LogP contribution >= 0.6 is 0 Å². The second-order valence-corrected chi connectivity index (χ2v) is 11.8. The fourth-order valence-corrected chi connectivity index (χ4v) is 8.02. The lowest BCUT2D eigenvalue weighted by Gasteiger charge is -2.43. The summed E-state index contributed by atoms with van der Waals surface area (Å²) in [5, 5.41) is 13.5. The van der Waals surface area contributed by atoms with E-state index in [1.54, 1.807) is 0 Å². The lowest BCUT2D eigenvalue weighted by molar-refractivity contribution is 0.190. The van der Waals surface area contributed by atoms with Crippen LogP contribution in [0, 0.1) is 12.3 Å². The molecule has 0 heterocycles. The smallest absolute Gasteiger partial charge is 0.405 e.